The number of furan rings is 2. The van der Waals surface area contributed by atoms with Gasteiger partial charge in [0.15, 0.2) is 0 Å². The molecule has 0 bridgehead atoms. The molecular formula is C25H22O2. The molecule has 0 amide bonds. The van der Waals surface area contributed by atoms with Crippen molar-refractivity contribution < 1.29 is 8.83 Å². The second kappa shape index (κ2) is 7.55. The van der Waals surface area contributed by atoms with Crippen molar-refractivity contribution in [1.82, 2.24) is 0 Å². The monoisotopic (exact) mass is 354 g/mol. The van der Waals surface area contributed by atoms with E-state index in [9.17, 15) is 0 Å². The summed E-state index contributed by atoms with van der Waals surface area (Å²) in [5, 5.41) is 0. The summed E-state index contributed by atoms with van der Waals surface area (Å²) in [5.41, 5.74) is 3.50. The van der Waals surface area contributed by atoms with Crippen LogP contribution in [0.25, 0.3) is 12.2 Å². The van der Waals surface area contributed by atoms with Crippen LogP contribution in [0, 0.1) is 13.8 Å². The summed E-state index contributed by atoms with van der Waals surface area (Å²) in [7, 11) is 0. The molecule has 0 fully saturated rings. The van der Waals surface area contributed by atoms with E-state index in [2.05, 4.69) is 48.6 Å². The lowest BCUT2D eigenvalue weighted by atomic mass is 9.93. The van der Waals surface area contributed by atoms with Crippen molar-refractivity contribution in [2.75, 3.05) is 0 Å². The number of rotatable bonds is 5. The van der Waals surface area contributed by atoms with Crippen molar-refractivity contribution in [3.05, 3.63) is 119 Å². The van der Waals surface area contributed by atoms with Crippen LogP contribution in [0.4, 0.5) is 0 Å². The van der Waals surface area contributed by atoms with Crippen LogP contribution in [-0.2, 0) is 0 Å². The minimum atomic E-state index is -0.0421. The molecular weight excluding hydrogens is 332 g/mol. The van der Waals surface area contributed by atoms with Crippen LogP contribution in [-0.4, -0.2) is 0 Å². The molecule has 0 unspecified atom stereocenters. The highest BCUT2D eigenvalue weighted by atomic mass is 16.4. The molecule has 0 radical (unpaired) electrons. The van der Waals surface area contributed by atoms with Gasteiger partial charge in [-0.05, 0) is 54.8 Å². The third-order valence-electron chi connectivity index (χ3n) is 4.63. The predicted octanol–water partition coefficient (Wildman–Crippen LogP) is 6.84. The first-order chi connectivity index (χ1) is 13.2. The summed E-state index contributed by atoms with van der Waals surface area (Å²) in [5.74, 6) is 3.56. The number of hydrogen-bond donors (Lipinski definition) is 0. The average Bonchev–Trinajstić information content (AvgIpc) is 3.31. The Hall–Kier alpha value is -3.26. The van der Waals surface area contributed by atoms with Crippen molar-refractivity contribution in [2.45, 2.75) is 19.8 Å². The Bertz CT molecular complexity index is 993. The van der Waals surface area contributed by atoms with Crippen LogP contribution in [0.1, 0.15) is 45.6 Å². The van der Waals surface area contributed by atoms with Gasteiger partial charge in [-0.3, -0.25) is 0 Å². The molecule has 0 saturated carbocycles. The number of hydrogen-bond acceptors (Lipinski definition) is 2. The van der Waals surface area contributed by atoms with Crippen LogP contribution in [0.5, 0.6) is 0 Å². The second-order valence-corrected chi connectivity index (χ2v) is 6.74. The molecule has 0 aliphatic carbocycles. The highest BCUT2D eigenvalue weighted by Gasteiger charge is 2.23. The molecule has 2 aromatic heterocycles. The fourth-order valence-corrected chi connectivity index (χ4v) is 3.24. The molecule has 2 heterocycles. The van der Waals surface area contributed by atoms with E-state index in [1.807, 2.05) is 56.3 Å². The largest absolute Gasteiger partial charge is 0.465 e. The highest BCUT2D eigenvalue weighted by molar-refractivity contribution is 5.69. The fraction of sp³-hybridized carbons (Fsp3) is 0.120. The molecule has 4 aromatic rings. The molecule has 134 valence electrons. The standard InChI is InChI=1S/C25H22O2/c1-18-8-16-23(26-18)25(24-17-9-19(2)27-24)22-14-12-21(13-15-22)11-10-20-6-4-3-5-7-20/h3-17,25H,1-2H3/b11-10+. The van der Waals surface area contributed by atoms with Crippen LogP contribution in [0.15, 0.2) is 87.7 Å². The van der Waals surface area contributed by atoms with Crippen molar-refractivity contribution in [3.8, 4) is 0 Å². The van der Waals surface area contributed by atoms with E-state index >= 15 is 0 Å². The van der Waals surface area contributed by atoms with E-state index in [1.165, 1.54) is 5.56 Å². The van der Waals surface area contributed by atoms with Gasteiger partial charge < -0.3 is 8.83 Å². The van der Waals surface area contributed by atoms with E-state index in [4.69, 9.17) is 8.83 Å². The van der Waals surface area contributed by atoms with Gasteiger partial charge >= 0.3 is 0 Å². The zero-order valence-corrected chi connectivity index (χ0v) is 15.6. The Morgan fingerprint density at radius 1 is 0.593 bits per heavy atom. The van der Waals surface area contributed by atoms with Crippen molar-refractivity contribution in [2.24, 2.45) is 0 Å². The average molecular weight is 354 g/mol. The lowest BCUT2D eigenvalue weighted by molar-refractivity contribution is 0.428. The Labute approximate surface area is 159 Å². The SMILES string of the molecule is Cc1ccc(C(c2ccc(/C=C/c3ccccc3)cc2)c2ccc(C)o2)o1. The molecule has 0 spiro atoms. The Balaban J connectivity index is 1.64. The van der Waals surface area contributed by atoms with E-state index in [1.54, 1.807) is 0 Å². The summed E-state index contributed by atoms with van der Waals surface area (Å²) < 4.78 is 11.9. The molecule has 0 aliphatic heterocycles. The number of benzene rings is 2. The van der Waals surface area contributed by atoms with Crippen LogP contribution >= 0.6 is 0 Å². The summed E-state index contributed by atoms with van der Waals surface area (Å²) in [6.07, 6.45) is 4.25. The van der Waals surface area contributed by atoms with Gasteiger partial charge in [-0.2, -0.15) is 0 Å². The maximum atomic E-state index is 5.93. The van der Waals surface area contributed by atoms with Gasteiger partial charge in [0, 0.05) is 0 Å². The zero-order valence-electron chi connectivity index (χ0n) is 15.6. The molecule has 0 atom stereocenters. The molecule has 2 heteroatoms. The first kappa shape index (κ1) is 17.2. The second-order valence-electron chi connectivity index (χ2n) is 6.74. The van der Waals surface area contributed by atoms with Gasteiger partial charge in [-0.15, -0.1) is 0 Å². The Kier molecular flexibility index (Phi) is 4.80. The first-order valence-electron chi connectivity index (χ1n) is 9.15. The molecule has 2 aromatic carbocycles. The topological polar surface area (TPSA) is 26.3 Å². The van der Waals surface area contributed by atoms with Crippen LogP contribution in [0.3, 0.4) is 0 Å². The van der Waals surface area contributed by atoms with Crippen molar-refractivity contribution in [1.29, 1.82) is 0 Å². The van der Waals surface area contributed by atoms with Crippen LogP contribution < -0.4 is 0 Å². The molecule has 27 heavy (non-hydrogen) atoms. The van der Waals surface area contributed by atoms with Gasteiger partial charge in [0.25, 0.3) is 0 Å². The fourth-order valence-electron chi connectivity index (χ4n) is 3.24. The van der Waals surface area contributed by atoms with Gasteiger partial charge in [0.1, 0.15) is 29.0 Å². The molecule has 2 nitrogen and oxygen atoms in total. The zero-order chi connectivity index (χ0) is 18.6. The smallest absolute Gasteiger partial charge is 0.119 e. The normalized spacial score (nSPS) is 11.5. The summed E-state index contributed by atoms with van der Waals surface area (Å²) in [4.78, 5) is 0. The van der Waals surface area contributed by atoms with E-state index in [0.717, 1.165) is 34.2 Å². The molecule has 0 N–H and O–H groups in total. The summed E-state index contributed by atoms with van der Waals surface area (Å²) in [6.45, 7) is 3.93. The highest BCUT2D eigenvalue weighted by Crippen LogP contribution is 2.34. The Morgan fingerprint density at radius 2 is 1.11 bits per heavy atom. The van der Waals surface area contributed by atoms with Gasteiger partial charge in [0.2, 0.25) is 0 Å². The molecule has 4 rings (SSSR count). The van der Waals surface area contributed by atoms with Crippen molar-refractivity contribution >= 4 is 12.2 Å². The lowest BCUT2D eigenvalue weighted by Gasteiger charge is -2.13. The third kappa shape index (κ3) is 3.95. The quantitative estimate of drug-likeness (QED) is 0.367. The Morgan fingerprint density at radius 3 is 1.59 bits per heavy atom. The first-order valence-corrected chi connectivity index (χ1v) is 9.15. The maximum Gasteiger partial charge on any atom is 0.119 e. The van der Waals surface area contributed by atoms with Crippen LogP contribution in [0.2, 0.25) is 0 Å². The third-order valence-corrected chi connectivity index (χ3v) is 4.63. The van der Waals surface area contributed by atoms with E-state index < -0.39 is 0 Å². The van der Waals surface area contributed by atoms with E-state index in [0.29, 0.717) is 0 Å². The lowest BCUT2D eigenvalue weighted by Crippen LogP contribution is -2.01. The minimum Gasteiger partial charge on any atom is -0.465 e. The summed E-state index contributed by atoms with van der Waals surface area (Å²) in [6, 6.07) is 26.9. The summed E-state index contributed by atoms with van der Waals surface area (Å²) >= 11 is 0. The maximum absolute atomic E-state index is 5.93. The van der Waals surface area contributed by atoms with Gasteiger partial charge in [-0.25, -0.2) is 0 Å². The van der Waals surface area contributed by atoms with Gasteiger partial charge in [-0.1, -0.05) is 66.7 Å². The molecule has 0 aliphatic rings. The predicted molar refractivity (Wildman–Crippen MR) is 110 cm³/mol. The van der Waals surface area contributed by atoms with Gasteiger partial charge in [0.05, 0.1) is 0 Å². The molecule has 0 saturated heterocycles. The minimum absolute atomic E-state index is 0.0421. The number of aryl methyl sites for hydroxylation is 2. The van der Waals surface area contributed by atoms with E-state index in [-0.39, 0.29) is 5.92 Å². The van der Waals surface area contributed by atoms with Crippen molar-refractivity contribution in [3.63, 3.8) is 0 Å².